The van der Waals surface area contributed by atoms with E-state index in [0.29, 0.717) is 0 Å². The van der Waals surface area contributed by atoms with Crippen LogP contribution >= 0.6 is 0 Å². The van der Waals surface area contributed by atoms with Crippen molar-refractivity contribution in [2.24, 2.45) is 0 Å². The second-order valence-electron chi connectivity index (χ2n) is 4.13. The number of nitrogens with zero attached hydrogens (tertiary/aromatic N) is 1. The summed E-state index contributed by atoms with van der Waals surface area (Å²) >= 11 is 0. The molecule has 1 heterocycles. The molecule has 3 aromatic rings. The van der Waals surface area contributed by atoms with Gasteiger partial charge in [-0.2, -0.15) is 4.73 Å². The molecule has 0 bridgehead atoms. The molecule has 3 heteroatoms. The van der Waals surface area contributed by atoms with Gasteiger partial charge in [-0.1, -0.05) is 18.2 Å². The van der Waals surface area contributed by atoms with Gasteiger partial charge in [-0.05, 0) is 36.4 Å². The van der Waals surface area contributed by atoms with E-state index in [1.807, 2.05) is 54.6 Å². The van der Waals surface area contributed by atoms with Gasteiger partial charge >= 0.3 is 0 Å². The molecule has 0 amide bonds. The van der Waals surface area contributed by atoms with E-state index in [1.165, 1.54) is 4.73 Å². The molecule has 3 rings (SSSR count). The highest BCUT2D eigenvalue weighted by atomic mass is 16.5. The third-order valence-electron chi connectivity index (χ3n) is 3.07. The van der Waals surface area contributed by atoms with E-state index in [2.05, 4.69) is 0 Å². The highest BCUT2D eigenvalue weighted by Crippen LogP contribution is 2.27. The fourth-order valence-corrected chi connectivity index (χ4v) is 2.11. The summed E-state index contributed by atoms with van der Waals surface area (Å²) in [4.78, 5) is 0. The number of hydrogen-bond donors (Lipinski definition) is 1. The van der Waals surface area contributed by atoms with E-state index < -0.39 is 0 Å². The monoisotopic (exact) mass is 239 g/mol. The molecule has 0 aliphatic rings. The molecule has 0 aliphatic carbocycles. The van der Waals surface area contributed by atoms with Gasteiger partial charge in [0.1, 0.15) is 5.75 Å². The van der Waals surface area contributed by atoms with Gasteiger partial charge in [0.25, 0.3) is 0 Å². The molecule has 0 saturated heterocycles. The maximum Gasteiger partial charge on any atom is 0.118 e. The van der Waals surface area contributed by atoms with E-state index in [0.717, 1.165) is 27.9 Å². The van der Waals surface area contributed by atoms with E-state index in [4.69, 9.17) is 4.74 Å². The molecule has 1 N–H and O–H groups in total. The first-order valence-corrected chi connectivity index (χ1v) is 5.74. The zero-order chi connectivity index (χ0) is 12.5. The predicted molar refractivity (Wildman–Crippen MR) is 71.1 cm³/mol. The molecule has 0 radical (unpaired) electrons. The van der Waals surface area contributed by atoms with Crippen molar-refractivity contribution in [1.29, 1.82) is 0 Å². The van der Waals surface area contributed by atoms with Crippen LogP contribution in [0.4, 0.5) is 0 Å². The van der Waals surface area contributed by atoms with Crippen molar-refractivity contribution in [2.45, 2.75) is 0 Å². The van der Waals surface area contributed by atoms with Gasteiger partial charge in [0.15, 0.2) is 0 Å². The number of para-hydroxylation sites is 1. The van der Waals surface area contributed by atoms with Crippen LogP contribution in [0.2, 0.25) is 0 Å². The van der Waals surface area contributed by atoms with Crippen LogP contribution in [0.3, 0.4) is 0 Å². The normalized spacial score (nSPS) is 10.7. The third-order valence-corrected chi connectivity index (χ3v) is 3.07. The molecule has 2 aromatic carbocycles. The Morgan fingerprint density at radius 1 is 1.00 bits per heavy atom. The van der Waals surface area contributed by atoms with Gasteiger partial charge in [-0.3, -0.25) is 0 Å². The van der Waals surface area contributed by atoms with Crippen LogP contribution < -0.4 is 4.74 Å². The molecule has 1 aromatic heterocycles. The van der Waals surface area contributed by atoms with Gasteiger partial charge in [0, 0.05) is 10.9 Å². The Balaban J connectivity index is 2.15. The lowest BCUT2D eigenvalue weighted by Gasteiger charge is -2.04. The van der Waals surface area contributed by atoms with Crippen molar-refractivity contribution in [2.75, 3.05) is 7.11 Å². The molecule has 0 unspecified atom stereocenters. The first-order valence-electron chi connectivity index (χ1n) is 5.74. The molecule has 0 saturated carbocycles. The minimum atomic E-state index is 0.777. The molecule has 0 aliphatic heterocycles. The molecule has 18 heavy (non-hydrogen) atoms. The SMILES string of the molecule is COc1ccc(-c2cc3ccccc3n2O)cc1. The summed E-state index contributed by atoms with van der Waals surface area (Å²) in [5.41, 5.74) is 2.54. The number of fused-ring (bicyclic) bond motifs is 1. The first-order chi connectivity index (χ1) is 8.79. The van der Waals surface area contributed by atoms with Crippen molar-refractivity contribution in [3.8, 4) is 17.0 Å². The lowest BCUT2D eigenvalue weighted by atomic mass is 10.1. The zero-order valence-electron chi connectivity index (χ0n) is 10.00. The minimum absolute atomic E-state index is 0.777. The lowest BCUT2D eigenvalue weighted by Crippen LogP contribution is -1.92. The lowest BCUT2D eigenvalue weighted by molar-refractivity contribution is 0.205. The second-order valence-corrected chi connectivity index (χ2v) is 4.13. The maximum atomic E-state index is 10.2. The number of aromatic nitrogens is 1. The average molecular weight is 239 g/mol. The third kappa shape index (κ3) is 1.61. The highest BCUT2D eigenvalue weighted by molar-refractivity contribution is 5.86. The molecular weight excluding hydrogens is 226 g/mol. The van der Waals surface area contributed by atoms with Gasteiger partial charge < -0.3 is 9.94 Å². The van der Waals surface area contributed by atoms with Crippen LogP contribution in [0, 0.1) is 0 Å². The van der Waals surface area contributed by atoms with Crippen molar-refractivity contribution in [3.63, 3.8) is 0 Å². The summed E-state index contributed by atoms with van der Waals surface area (Å²) in [6.45, 7) is 0. The number of benzene rings is 2. The second kappa shape index (κ2) is 4.11. The van der Waals surface area contributed by atoms with E-state index in [1.54, 1.807) is 7.11 Å². The zero-order valence-corrected chi connectivity index (χ0v) is 10.00. The van der Waals surface area contributed by atoms with Crippen LogP contribution in [0.15, 0.2) is 54.6 Å². The summed E-state index contributed by atoms with van der Waals surface area (Å²) < 4.78 is 6.34. The fourth-order valence-electron chi connectivity index (χ4n) is 2.11. The van der Waals surface area contributed by atoms with Crippen molar-refractivity contribution in [1.82, 2.24) is 4.73 Å². The van der Waals surface area contributed by atoms with Crippen molar-refractivity contribution >= 4 is 10.9 Å². The number of rotatable bonds is 2. The number of ether oxygens (including phenoxy) is 1. The van der Waals surface area contributed by atoms with E-state index >= 15 is 0 Å². The van der Waals surface area contributed by atoms with Gasteiger partial charge in [-0.25, -0.2) is 0 Å². The van der Waals surface area contributed by atoms with E-state index in [9.17, 15) is 5.21 Å². The molecule has 3 nitrogen and oxygen atoms in total. The van der Waals surface area contributed by atoms with Crippen LogP contribution in [-0.4, -0.2) is 17.0 Å². The van der Waals surface area contributed by atoms with Gasteiger partial charge in [0.2, 0.25) is 0 Å². The largest absolute Gasteiger partial charge is 0.497 e. The Morgan fingerprint density at radius 2 is 1.72 bits per heavy atom. The maximum absolute atomic E-state index is 10.2. The average Bonchev–Trinajstić information content (AvgIpc) is 2.77. The van der Waals surface area contributed by atoms with Crippen LogP contribution in [0.25, 0.3) is 22.2 Å². The Kier molecular flexibility index (Phi) is 2.45. The summed E-state index contributed by atoms with van der Waals surface area (Å²) in [5.74, 6) is 0.805. The molecule has 0 atom stereocenters. The molecule has 90 valence electrons. The summed E-state index contributed by atoms with van der Waals surface area (Å²) in [6.07, 6.45) is 0. The highest BCUT2D eigenvalue weighted by Gasteiger charge is 2.09. The molecule has 0 fully saturated rings. The standard InChI is InChI=1S/C15H13NO2/c1-18-13-8-6-11(7-9-13)15-10-12-4-2-3-5-14(12)16(15)17/h2-10,17H,1H3. The Morgan fingerprint density at radius 3 is 2.39 bits per heavy atom. The van der Waals surface area contributed by atoms with Gasteiger partial charge in [0.05, 0.1) is 18.3 Å². The summed E-state index contributed by atoms with van der Waals surface area (Å²) in [7, 11) is 1.64. The van der Waals surface area contributed by atoms with Crippen LogP contribution in [0.1, 0.15) is 0 Å². The molecular formula is C15H13NO2. The minimum Gasteiger partial charge on any atom is -0.497 e. The van der Waals surface area contributed by atoms with Crippen molar-refractivity contribution in [3.05, 3.63) is 54.6 Å². The Bertz CT molecular complexity index is 683. The Hall–Kier alpha value is -2.42. The van der Waals surface area contributed by atoms with Crippen molar-refractivity contribution < 1.29 is 9.94 Å². The number of hydrogen-bond acceptors (Lipinski definition) is 2. The summed E-state index contributed by atoms with van der Waals surface area (Å²) in [5, 5.41) is 11.2. The molecule has 0 spiro atoms. The Labute approximate surface area is 105 Å². The predicted octanol–water partition coefficient (Wildman–Crippen LogP) is 3.55. The van der Waals surface area contributed by atoms with Crippen LogP contribution in [0.5, 0.6) is 5.75 Å². The number of methoxy groups -OCH3 is 1. The summed E-state index contributed by atoms with van der Waals surface area (Å²) in [6, 6.07) is 17.3. The topological polar surface area (TPSA) is 34.4 Å². The first kappa shape index (κ1) is 10.7. The van der Waals surface area contributed by atoms with Crippen LogP contribution in [-0.2, 0) is 0 Å². The van der Waals surface area contributed by atoms with Gasteiger partial charge in [-0.15, -0.1) is 0 Å². The smallest absolute Gasteiger partial charge is 0.118 e. The quantitative estimate of drug-likeness (QED) is 0.694. The fraction of sp³-hybridized carbons (Fsp3) is 0.0667. The van der Waals surface area contributed by atoms with E-state index in [-0.39, 0.29) is 0 Å².